The number of aryl methyl sites for hydroxylation is 2. The van der Waals surface area contributed by atoms with E-state index in [0.717, 1.165) is 12.1 Å². The van der Waals surface area contributed by atoms with Crippen molar-refractivity contribution < 1.29 is 0 Å². The van der Waals surface area contributed by atoms with E-state index in [-0.39, 0.29) is 0 Å². The number of anilines is 3. The van der Waals surface area contributed by atoms with E-state index in [0.29, 0.717) is 0 Å². The fourth-order valence-electron chi connectivity index (χ4n) is 6.77. The molecule has 0 spiro atoms. The number of hydrogen-bond acceptors (Lipinski definition) is 1. The van der Waals surface area contributed by atoms with Crippen molar-refractivity contribution in [1.82, 2.24) is 0 Å². The average molecular weight is 590 g/mol. The van der Waals surface area contributed by atoms with Gasteiger partial charge in [-0.2, -0.15) is 0 Å². The van der Waals surface area contributed by atoms with Gasteiger partial charge in [-0.15, -0.1) is 0 Å². The molecule has 7 aromatic carbocycles. The molecule has 0 bridgehead atoms. The molecule has 0 aliphatic heterocycles. The Morgan fingerprint density at radius 2 is 1.02 bits per heavy atom. The first-order chi connectivity index (χ1) is 22.8. The maximum Gasteiger partial charge on any atom is 0.0468 e. The zero-order chi connectivity index (χ0) is 30.7. The van der Waals surface area contributed by atoms with E-state index in [1.54, 1.807) is 0 Å². The first kappa shape index (κ1) is 27.9. The van der Waals surface area contributed by atoms with E-state index in [1.165, 1.54) is 79.5 Å². The second-order valence-electron chi connectivity index (χ2n) is 12.1. The van der Waals surface area contributed by atoms with Crippen molar-refractivity contribution in [2.24, 2.45) is 0 Å². The van der Waals surface area contributed by atoms with E-state index < -0.39 is 0 Å². The van der Waals surface area contributed by atoms with Crippen LogP contribution in [0.25, 0.3) is 33.5 Å². The summed E-state index contributed by atoms with van der Waals surface area (Å²) in [6.45, 7) is 0. The summed E-state index contributed by atoms with van der Waals surface area (Å²) in [5, 5.41) is 2.50. The van der Waals surface area contributed by atoms with Crippen molar-refractivity contribution in [2.45, 2.75) is 19.3 Å². The predicted octanol–water partition coefficient (Wildman–Crippen LogP) is 12.1. The Hall–Kier alpha value is -5.66. The van der Waals surface area contributed by atoms with Crippen LogP contribution in [0.4, 0.5) is 17.1 Å². The van der Waals surface area contributed by atoms with Gasteiger partial charge in [-0.3, -0.25) is 0 Å². The second-order valence-corrected chi connectivity index (χ2v) is 12.1. The third-order valence-electron chi connectivity index (χ3n) is 9.18. The number of benzene rings is 7. The monoisotopic (exact) mass is 589 g/mol. The highest BCUT2D eigenvalue weighted by Crippen LogP contribution is 2.39. The zero-order valence-corrected chi connectivity index (χ0v) is 25.8. The molecule has 0 saturated carbocycles. The molecule has 8 rings (SSSR count). The van der Waals surface area contributed by atoms with Crippen LogP contribution in [-0.2, 0) is 12.8 Å². The molecule has 0 atom stereocenters. The smallest absolute Gasteiger partial charge is 0.0468 e. The summed E-state index contributed by atoms with van der Waals surface area (Å²) in [6, 6.07) is 61.6. The van der Waals surface area contributed by atoms with Gasteiger partial charge in [0.1, 0.15) is 0 Å². The Kier molecular flexibility index (Phi) is 7.50. The molecule has 0 unspecified atom stereocenters. The molecule has 0 radical (unpaired) electrons. The Balaban J connectivity index is 1.18. The minimum atomic E-state index is 1.15. The Morgan fingerprint density at radius 1 is 0.435 bits per heavy atom. The standard InChI is InChI=1S/C45H35N/c1-3-10-34(11-4-1)37-20-22-39(23-21-37)45(38-13-5-2-6-14-38)30-33-18-26-42(27-19-33)46(44-29-25-36-16-9-17-41(36)32-44)43-28-24-35-12-7-8-15-40(35)31-43/h1-8,10-15,18-32H,9,16-17H2. The van der Waals surface area contributed by atoms with Gasteiger partial charge in [-0.25, -0.2) is 0 Å². The topological polar surface area (TPSA) is 3.24 Å². The minimum absolute atomic E-state index is 1.15. The highest BCUT2D eigenvalue weighted by atomic mass is 15.1. The molecule has 0 amide bonds. The lowest BCUT2D eigenvalue weighted by atomic mass is 9.94. The SMILES string of the molecule is C(=C(c1ccccc1)c1ccc(-c2ccccc2)cc1)c1ccc(N(c2ccc3c(c2)CCC3)c2ccc3ccccc3c2)cc1. The van der Waals surface area contributed by atoms with Crippen LogP contribution in [0.15, 0.2) is 170 Å². The lowest BCUT2D eigenvalue weighted by Gasteiger charge is -2.26. The van der Waals surface area contributed by atoms with Gasteiger partial charge in [-0.05, 0) is 117 Å². The maximum atomic E-state index is 2.40. The molecule has 46 heavy (non-hydrogen) atoms. The van der Waals surface area contributed by atoms with E-state index in [4.69, 9.17) is 0 Å². The second kappa shape index (κ2) is 12.4. The van der Waals surface area contributed by atoms with Gasteiger partial charge in [0.05, 0.1) is 0 Å². The Bertz CT molecular complexity index is 2140. The van der Waals surface area contributed by atoms with Crippen LogP contribution in [0.3, 0.4) is 0 Å². The van der Waals surface area contributed by atoms with Crippen molar-refractivity contribution in [2.75, 3.05) is 4.90 Å². The normalized spacial score (nSPS) is 12.7. The molecule has 0 aromatic heterocycles. The molecule has 1 aliphatic carbocycles. The van der Waals surface area contributed by atoms with Gasteiger partial charge in [-0.1, -0.05) is 133 Å². The molecule has 1 heteroatoms. The summed E-state index contributed by atoms with van der Waals surface area (Å²) in [5.74, 6) is 0. The first-order valence-electron chi connectivity index (χ1n) is 16.2. The van der Waals surface area contributed by atoms with Crippen molar-refractivity contribution in [1.29, 1.82) is 0 Å². The van der Waals surface area contributed by atoms with Gasteiger partial charge < -0.3 is 4.90 Å². The molecule has 1 nitrogen and oxygen atoms in total. The van der Waals surface area contributed by atoms with Crippen LogP contribution in [0.5, 0.6) is 0 Å². The summed E-state index contributed by atoms with van der Waals surface area (Å²) < 4.78 is 0. The van der Waals surface area contributed by atoms with Crippen LogP contribution in [0.2, 0.25) is 0 Å². The summed E-state index contributed by atoms with van der Waals surface area (Å²) in [4.78, 5) is 2.40. The molecular formula is C45H35N. The number of rotatable bonds is 7. The van der Waals surface area contributed by atoms with Gasteiger partial charge in [0, 0.05) is 17.1 Å². The summed E-state index contributed by atoms with van der Waals surface area (Å²) in [7, 11) is 0. The third kappa shape index (κ3) is 5.64. The lowest BCUT2D eigenvalue weighted by molar-refractivity contribution is 0.912. The molecule has 1 aliphatic rings. The van der Waals surface area contributed by atoms with Gasteiger partial charge in [0.15, 0.2) is 0 Å². The predicted molar refractivity (Wildman–Crippen MR) is 196 cm³/mol. The first-order valence-corrected chi connectivity index (χ1v) is 16.2. The van der Waals surface area contributed by atoms with Gasteiger partial charge in [0.2, 0.25) is 0 Å². The Morgan fingerprint density at radius 3 is 1.80 bits per heavy atom. The number of hydrogen-bond donors (Lipinski definition) is 0. The average Bonchev–Trinajstić information content (AvgIpc) is 3.60. The Labute approximate surface area is 271 Å². The molecule has 7 aromatic rings. The van der Waals surface area contributed by atoms with Crippen LogP contribution >= 0.6 is 0 Å². The van der Waals surface area contributed by atoms with Crippen LogP contribution in [0, 0.1) is 0 Å². The fourth-order valence-corrected chi connectivity index (χ4v) is 6.77. The van der Waals surface area contributed by atoms with Crippen molar-refractivity contribution >= 4 is 39.5 Å². The van der Waals surface area contributed by atoms with E-state index in [9.17, 15) is 0 Å². The van der Waals surface area contributed by atoms with Crippen LogP contribution < -0.4 is 4.90 Å². The summed E-state index contributed by atoms with van der Waals surface area (Å²) in [6.07, 6.45) is 5.90. The van der Waals surface area contributed by atoms with Gasteiger partial charge in [0.25, 0.3) is 0 Å². The lowest BCUT2D eigenvalue weighted by Crippen LogP contribution is -2.10. The number of fused-ring (bicyclic) bond motifs is 2. The zero-order valence-electron chi connectivity index (χ0n) is 25.8. The number of nitrogens with zero attached hydrogens (tertiary/aromatic N) is 1. The molecule has 0 N–H and O–H groups in total. The van der Waals surface area contributed by atoms with Crippen LogP contribution in [0.1, 0.15) is 34.2 Å². The molecular weight excluding hydrogens is 555 g/mol. The summed E-state index contributed by atoms with van der Waals surface area (Å²) >= 11 is 0. The molecule has 0 heterocycles. The minimum Gasteiger partial charge on any atom is -0.310 e. The highest BCUT2D eigenvalue weighted by molar-refractivity contribution is 5.93. The van der Waals surface area contributed by atoms with Crippen molar-refractivity contribution in [3.63, 3.8) is 0 Å². The van der Waals surface area contributed by atoms with E-state index >= 15 is 0 Å². The van der Waals surface area contributed by atoms with Crippen molar-refractivity contribution in [3.8, 4) is 11.1 Å². The van der Waals surface area contributed by atoms with Gasteiger partial charge >= 0.3 is 0 Å². The van der Waals surface area contributed by atoms with E-state index in [2.05, 4.69) is 181 Å². The van der Waals surface area contributed by atoms with Crippen LogP contribution in [-0.4, -0.2) is 0 Å². The summed E-state index contributed by atoms with van der Waals surface area (Å²) in [5.41, 5.74) is 13.7. The molecule has 220 valence electrons. The molecule has 0 saturated heterocycles. The van der Waals surface area contributed by atoms with Crippen molar-refractivity contribution in [3.05, 3.63) is 198 Å². The largest absolute Gasteiger partial charge is 0.310 e. The quantitative estimate of drug-likeness (QED) is 0.167. The molecule has 0 fully saturated rings. The fraction of sp³-hybridized carbons (Fsp3) is 0.0667. The third-order valence-corrected chi connectivity index (χ3v) is 9.18. The van der Waals surface area contributed by atoms with E-state index in [1.807, 2.05) is 0 Å². The highest BCUT2D eigenvalue weighted by Gasteiger charge is 2.17. The maximum absolute atomic E-state index is 2.40.